The van der Waals surface area contributed by atoms with Gasteiger partial charge in [-0.05, 0) is 61.0 Å². The largest absolute Gasteiger partial charge is 0.482 e. The number of ether oxygens (including phenoxy) is 3. The molecule has 0 aliphatic heterocycles. The smallest absolute Gasteiger partial charge is 0.344 e. The van der Waals surface area contributed by atoms with E-state index in [2.05, 4.69) is 15.9 Å². The van der Waals surface area contributed by atoms with Gasteiger partial charge >= 0.3 is 5.97 Å². The third kappa shape index (κ3) is 4.92. The fraction of sp³-hybridized carbons (Fsp3) is 0.238. The summed E-state index contributed by atoms with van der Waals surface area (Å²) in [5, 5.41) is 0.342. The van der Waals surface area contributed by atoms with Gasteiger partial charge in [-0.3, -0.25) is 4.79 Å². The van der Waals surface area contributed by atoms with E-state index in [4.69, 9.17) is 18.6 Å². The van der Waals surface area contributed by atoms with Crippen LogP contribution in [0.15, 0.2) is 62.4 Å². The number of fused-ring (bicyclic) bond motifs is 1. The molecule has 1 aromatic heterocycles. The van der Waals surface area contributed by atoms with Crippen molar-refractivity contribution in [1.29, 1.82) is 0 Å². The Bertz CT molecular complexity index is 1060. The average Bonchev–Trinajstić information content (AvgIpc) is 2.62. The third-order valence-electron chi connectivity index (χ3n) is 3.55. The molecule has 0 saturated carbocycles. The first kappa shape index (κ1) is 19.9. The maximum atomic E-state index is 12.7. The molecule has 0 amide bonds. The lowest BCUT2D eigenvalue weighted by Crippen LogP contribution is -2.27. The molecule has 0 unspecified atom stereocenters. The molecule has 7 heteroatoms. The van der Waals surface area contributed by atoms with Crippen LogP contribution in [0.5, 0.6) is 17.2 Å². The quantitative estimate of drug-likeness (QED) is 0.509. The Morgan fingerprint density at radius 2 is 1.86 bits per heavy atom. The molecule has 0 aliphatic rings. The van der Waals surface area contributed by atoms with Gasteiger partial charge in [-0.1, -0.05) is 12.1 Å². The van der Waals surface area contributed by atoms with E-state index >= 15 is 0 Å². The van der Waals surface area contributed by atoms with Crippen molar-refractivity contribution in [2.24, 2.45) is 0 Å². The van der Waals surface area contributed by atoms with E-state index in [1.54, 1.807) is 51.1 Å². The van der Waals surface area contributed by atoms with Gasteiger partial charge in [-0.25, -0.2) is 4.79 Å². The van der Waals surface area contributed by atoms with Gasteiger partial charge < -0.3 is 18.6 Å². The number of hydrogen-bond acceptors (Lipinski definition) is 6. The number of hydrogen-bond donors (Lipinski definition) is 0. The summed E-state index contributed by atoms with van der Waals surface area (Å²) in [6, 6.07) is 11.9. The molecule has 0 radical (unpaired) electrons. The molecule has 3 aromatic rings. The van der Waals surface area contributed by atoms with E-state index < -0.39 is 11.6 Å². The molecular weight excluding hydrogens is 428 g/mol. The van der Waals surface area contributed by atoms with Crippen LogP contribution >= 0.6 is 15.9 Å². The van der Waals surface area contributed by atoms with Crippen molar-refractivity contribution in [1.82, 2.24) is 0 Å². The highest BCUT2D eigenvalue weighted by Gasteiger charge is 2.17. The topological polar surface area (TPSA) is 75.0 Å². The molecule has 6 nitrogen and oxygen atoms in total. The first-order valence-electron chi connectivity index (χ1n) is 8.55. The highest BCUT2D eigenvalue weighted by molar-refractivity contribution is 9.10. The second-order valence-electron chi connectivity index (χ2n) is 6.99. The van der Waals surface area contributed by atoms with Crippen LogP contribution in [-0.4, -0.2) is 18.2 Å². The number of esters is 1. The highest BCUT2D eigenvalue weighted by Crippen LogP contribution is 2.29. The summed E-state index contributed by atoms with van der Waals surface area (Å²) in [6.45, 7) is 5.10. The Morgan fingerprint density at radius 3 is 2.57 bits per heavy atom. The summed E-state index contributed by atoms with van der Waals surface area (Å²) in [4.78, 5) is 24.4. The normalized spacial score (nSPS) is 11.3. The van der Waals surface area contributed by atoms with E-state index in [0.29, 0.717) is 22.5 Å². The minimum absolute atomic E-state index is 0.0711. The molecule has 0 spiro atoms. The van der Waals surface area contributed by atoms with Crippen LogP contribution in [0.25, 0.3) is 11.0 Å². The molecule has 1 heterocycles. The van der Waals surface area contributed by atoms with Gasteiger partial charge in [0.25, 0.3) is 0 Å². The second kappa shape index (κ2) is 8.06. The lowest BCUT2D eigenvalue weighted by Gasteiger charge is -2.19. The molecule has 0 atom stereocenters. The van der Waals surface area contributed by atoms with Gasteiger partial charge in [0.15, 0.2) is 6.61 Å². The number of para-hydroxylation sites is 1. The van der Waals surface area contributed by atoms with Crippen LogP contribution in [0.4, 0.5) is 0 Å². The summed E-state index contributed by atoms with van der Waals surface area (Å²) in [5.41, 5.74) is -0.567. The van der Waals surface area contributed by atoms with Gasteiger partial charge in [0.1, 0.15) is 28.9 Å². The number of halogens is 1. The average molecular weight is 447 g/mol. The monoisotopic (exact) mass is 446 g/mol. The molecular formula is C21H19BrO6. The van der Waals surface area contributed by atoms with Crippen LogP contribution in [0, 0.1) is 0 Å². The Morgan fingerprint density at radius 1 is 1.11 bits per heavy atom. The van der Waals surface area contributed by atoms with Gasteiger partial charge in [-0.2, -0.15) is 0 Å². The first-order chi connectivity index (χ1) is 13.2. The number of carbonyl (C=O) groups is 1. The number of benzene rings is 2. The van der Waals surface area contributed by atoms with Gasteiger partial charge in [-0.15, -0.1) is 0 Å². The summed E-state index contributed by atoms with van der Waals surface area (Å²) >= 11 is 3.37. The first-order valence-corrected chi connectivity index (χ1v) is 9.35. The van der Waals surface area contributed by atoms with Crippen LogP contribution in [0.1, 0.15) is 20.8 Å². The fourth-order valence-electron chi connectivity index (χ4n) is 2.41. The molecule has 0 bridgehead atoms. The van der Waals surface area contributed by atoms with Crippen molar-refractivity contribution in [3.05, 3.63) is 63.4 Å². The van der Waals surface area contributed by atoms with Crippen molar-refractivity contribution in [2.45, 2.75) is 26.4 Å². The number of carbonyl (C=O) groups excluding carboxylic acids is 1. The highest BCUT2D eigenvalue weighted by atomic mass is 79.9. The van der Waals surface area contributed by atoms with E-state index in [9.17, 15) is 9.59 Å². The zero-order valence-corrected chi connectivity index (χ0v) is 17.2. The maximum absolute atomic E-state index is 12.7. The maximum Gasteiger partial charge on any atom is 0.344 e. The minimum Gasteiger partial charge on any atom is -0.482 e. The Labute approximate surface area is 170 Å². The van der Waals surface area contributed by atoms with Crippen molar-refractivity contribution in [3.63, 3.8) is 0 Å². The van der Waals surface area contributed by atoms with Crippen molar-refractivity contribution >= 4 is 32.9 Å². The lowest BCUT2D eigenvalue weighted by atomic mass is 10.2. The lowest BCUT2D eigenvalue weighted by molar-refractivity contribution is -0.157. The molecule has 0 N–H and O–H groups in total. The van der Waals surface area contributed by atoms with E-state index in [1.165, 1.54) is 6.26 Å². The van der Waals surface area contributed by atoms with E-state index in [-0.39, 0.29) is 17.8 Å². The Balaban J connectivity index is 1.78. The predicted octanol–water partition coefficient (Wildman–Crippen LogP) is 5.07. The molecule has 28 heavy (non-hydrogen) atoms. The van der Waals surface area contributed by atoms with Crippen molar-refractivity contribution in [2.75, 3.05) is 6.61 Å². The summed E-state index contributed by atoms with van der Waals surface area (Å²) < 4.78 is 22.5. The molecule has 0 saturated heterocycles. The predicted molar refractivity (Wildman–Crippen MR) is 108 cm³/mol. The zero-order chi connectivity index (χ0) is 20.3. The van der Waals surface area contributed by atoms with Gasteiger partial charge in [0.2, 0.25) is 11.2 Å². The van der Waals surface area contributed by atoms with E-state index in [0.717, 1.165) is 4.47 Å². The molecule has 0 aliphatic carbocycles. The standard InChI is InChI=1S/C21H19BrO6/c1-21(2,3)28-19(23)12-25-13-8-9-14-17(10-13)26-11-18(20(14)24)27-16-7-5-4-6-15(16)22/h4-11H,12H2,1-3H3. The summed E-state index contributed by atoms with van der Waals surface area (Å²) in [7, 11) is 0. The minimum atomic E-state index is -0.583. The number of rotatable bonds is 5. The van der Waals surface area contributed by atoms with Crippen molar-refractivity contribution < 1.29 is 23.4 Å². The van der Waals surface area contributed by atoms with E-state index in [1.807, 2.05) is 12.1 Å². The third-order valence-corrected chi connectivity index (χ3v) is 4.20. The van der Waals surface area contributed by atoms with Crippen LogP contribution in [0.3, 0.4) is 0 Å². The van der Waals surface area contributed by atoms with Crippen LogP contribution in [0.2, 0.25) is 0 Å². The van der Waals surface area contributed by atoms with Gasteiger partial charge in [0, 0.05) is 6.07 Å². The summed E-state index contributed by atoms with van der Waals surface area (Å²) in [6.07, 6.45) is 1.25. The second-order valence-corrected chi connectivity index (χ2v) is 7.85. The van der Waals surface area contributed by atoms with Gasteiger partial charge in [0.05, 0.1) is 9.86 Å². The Hall–Kier alpha value is -2.80. The summed E-state index contributed by atoms with van der Waals surface area (Å²) in [5.74, 6) is 0.487. The molecule has 146 valence electrons. The van der Waals surface area contributed by atoms with Crippen molar-refractivity contribution in [3.8, 4) is 17.2 Å². The molecule has 2 aromatic carbocycles. The Kier molecular flexibility index (Phi) is 5.74. The van der Waals surface area contributed by atoms with Crippen LogP contribution < -0.4 is 14.9 Å². The zero-order valence-electron chi connectivity index (χ0n) is 15.7. The fourth-order valence-corrected chi connectivity index (χ4v) is 2.78. The molecule has 0 fully saturated rings. The molecule has 3 rings (SSSR count). The SMILES string of the molecule is CC(C)(C)OC(=O)COc1ccc2c(=O)c(Oc3ccccc3Br)coc2c1. The van der Waals surface area contributed by atoms with Crippen LogP contribution in [-0.2, 0) is 9.53 Å².